The number of nitrogens with zero attached hydrogens (tertiary/aromatic N) is 3. The van der Waals surface area contributed by atoms with Crippen LogP contribution in [0.2, 0.25) is 5.02 Å². The highest BCUT2D eigenvalue weighted by molar-refractivity contribution is 7.22. The van der Waals surface area contributed by atoms with Crippen LogP contribution in [-0.4, -0.2) is 40.7 Å². The molecular formula is C20H22ClN3OS. The molecule has 4 rings (SSSR count). The zero-order valence-corrected chi connectivity index (χ0v) is 16.5. The summed E-state index contributed by atoms with van der Waals surface area (Å²) in [5.74, 6) is 0.347. The second kappa shape index (κ2) is 7.06. The fraction of sp³-hybridized carbons (Fsp3) is 0.350. The highest BCUT2D eigenvalue weighted by Gasteiger charge is 2.25. The summed E-state index contributed by atoms with van der Waals surface area (Å²) in [7, 11) is 0. The number of anilines is 1. The number of aromatic hydroxyl groups is 1. The van der Waals surface area contributed by atoms with E-state index < -0.39 is 0 Å². The van der Waals surface area contributed by atoms with Gasteiger partial charge < -0.3 is 10.0 Å². The molecular weight excluding hydrogens is 366 g/mol. The van der Waals surface area contributed by atoms with Crippen molar-refractivity contribution in [3.05, 3.63) is 52.5 Å². The van der Waals surface area contributed by atoms with E-state index in [4.69, 9.17) is 16.6 Å². The molecule has 1 atom stereocenters. The molecule has 6 heteroatoms. The van der Waals surface area contributed by atoms with Crippen LogP contribution in [0.5, 0.6) is 5.75 Å². The van der Waals surface area contributed by atoms with Crippen LogP contribution < -0.4 is 4.90 Å². The molecule has 1 saturated heterocycles. The first-order valence-corrected chi connectivity index (χ1v) is 10.0. The van der Waals surface area contributed by atoms with Crippen molar-refractivity contribution in [2.45, 2.75) is 26.4 Å². The summed E-state index contributed by atoms with van der Waals surface area (Å²) in [5, 5.41) is 11.7. The lowest BCUT2D eigenvalue weighted by molar-refractivity contribution is 0.181. The number of hydrogen-bond acceptors (Lipinski definition) is 5. The van der Waals surface area contributed by atoms with E-state index in [0.29, 0.717) is 11.8 Å². The van der Waals surface area contributed by atoms with Crippen LogP contribution >= 0.6 is 22.9 Å². The van der Waals surface area contributed by atoms with Crippen LogP contribution in [0.15, 0.2) is 36.4 Å². The molecule has 0 unspecified atom stereocenters. The molecule has 2 heterocycles. The fourth-order valence-corrected chi connectivity index (χ4v) is 4.87. The molecule has 0 aliphatic carbocycles. The zero-order chi connectivity index (χ0) is 18.3. The van der Waals surface area contributed by atoms with Crippen LogP contribution in [-0.2, 0) is 6.54 Å². The van der Waals surface area contributed by atoms with E-state index in [9.17, 15) is 5.11 Å². The van der Waals surface area contributed by atoms with Crippen molar-refractivity contribution in [1.29, 1.82) is 0 Å². The Balaban J connectivity index is 1.47. The minimum Gasteiger partial charge on any atom is -0.508 e. The number of halogens is 1. The predicted octanol–water partition coefficient (Wildman–Crippen LogP) is 4.67. The maximum atomic E-state index is 9.83. The average Bonchev–Trinajstić information content (AvgIpc) is 2.99. The second-order valence-corrected chi connectivity index (χ2v) is 8.50. The van der Waals surface area contributed by atoms with Gasteiger partial charge in [0.05, 0.1) is 10.2 Å². The van der Waals surface area contributed by atoms with Crippen LogP contribution in [0.4, 0.5) is 5.13 Å². The number of phenols is 1. The molecule has 136 valence electrons. The van der Waals surface area contributed by atoms with Crippen LogP contribution in [0.25, 0.3) is 10.2 Å². The van der Waals surface area contributed by atoms with E-state index in [-0.39, 0.29) is 0 Å². The van der Waals surface area contributed by atoms with Gasteiger partial charge in [0.1, 0.15) is 5.75 Å². The summed E-state index contributed by atoms with van der Waals surface area (Å²) in [6.07, 6.45) is 0. The number of rotatable bonds is 3. The van der Waals surface area contributed by atoms with E-state index in [0.717, 1.165) is 57.7 Å². The summed E-state index contributed by atoms with van der Waals surface area (Å²) >= 11 is 7.80. The molecule has 2 aromatic carbocycles. The van der Waals surface area contributed by atoms with Gasteiger partial charge in [0, 0.05) is 37.2 Å². The number of phenolic OH excluding ortho intramolecular Hbond substituents is 1. The predicted molar refractivity (Wildman–Crippen MR) is 110 cm³/mol. The lowest BCUT2D eigenvalue weighted by Crippen LogP contribution is -2.51. The third-order valence-electron chi connectivity index (χ3n) is 4.88. The molecule has 26 heavy (non-hydrogen) atoms. The minimum absolute atomic E-state index is 0.347. The van der Waals surface area contributed by atoms with Gasteiger partial charge in [-0.05, 0) is 55.3 Å². The lowest BCUT2D eigenvalue weighted by Gasteiger charge is -2.39. The Bertz CT molecular complexity index is 922. The third-order valence-corrected chi connectivity index (χ3v) is 6.20. The molecule has 4 nitrogen and oxygen atoms in total. The summed E-state index contributed by atoms with van der Waals surface area (Å²) < 4.78 is 1.14. The van der Waals surface area contributed by atoms with Crippen LogP contribution in [0, 0.1) is 6.92 Å². The Kier molecular flexibility index (Phi) is 4.78. The first-order valence-electron chi connectivity index (χ1n) is 8.82. The van der Waals surface area contributed by atoms with E-state index in [2.05, 4.69) is 22.8 Å². The standard InChI is InChI=1S/C20H22ClN3OS/c1-13-7-15(9-17(25)8-13)12-23-5-6-24(11-14(23)2)20-22-18-4-3-16(21)10-19(18)26-20/h3-4,7-10,14,25H,5-6,11-12H2,1-2H3/t14-/m1/s1. The lowest BCUT2D eigenvalue weighted by atomic mass is 10.1. The fourth-order valence-electron chi connectivity index (χ4n) is 3.59. The third kappa shape index (κ3) is 3.65. The highest BCUT2D eigenvalue weighted by atomic mass is 35.5. The van der Waals surface area contributed by atoms with Gasteiger partial charge in [-0.25, -0.2) is 4.98 Å². The Morgan fingerprint density at radius 1 is 1.23 bits per heavy atom. The van der Waals surface area contributed by atoms with Crippen molar-refractivity contribution in [2.75, 3.05) is 24.5 Å². The smallest absolute Gasteiger partial charge is 0.186 e. The number of benzene rings is 2. The monoisotopic (exact) mass is 387 g/mol. The Labute approximate surface area is 162 Å². The molecule has 0 bridgehead atoms. The van der Waals surface area contributed by atoms with Crippen molar-refractivity contribution in [3.63, 3.8) is 0 Å². The SMILES string of the molecule is Cc1cc(O)cc(CN2CCN(c3nc4ccc(Cl)cc4s3)C[C@H]2C)c1. The molecule has 1 N–H and O–H groups in total. The largest absolute Gasteiger partial charge is 0.508 e. The van der Waals surface area contributed by atoms with Crippen molar-refractivity contribution >= 4 is 38.3 Å². The van der Waals surface area contributed by atoms with E-state index >= 15 is 0 Å². The average molecular weight is 388 g/mol. The minimum atomic E-state index is 0.347. The van der Waals surface area contributed by atoms with Crippen molar-refractivity contribution in [1.82, 2.24) is 9.88 Å². The van der Waals surface area contributed by atoms with Gasteiger partial charge >= 0.3 is 0 Å². The first kappa shape index (κ1) is 17.6. The zero-order valence-electron chi connectivity index (χ0n) is 14.9. The molecule has 1 aromatic heterocycles. The maximum absolute atomic E-state index is 9.83. The van der Waals surface area contributed by atoms with Gasteiger partial charge in [-0.2, -0.15) is 0 Å². The number of fused-ring (bicyclic) bond motifs is 1. The molecule has 1 aliphatic heterocycles. The van der Waals surface area contributed by atoms with E-state index in [1.807, 2.05) is 31.2 Å². The van der Waals surface area contributed by atoms with Crippen molar-refractivity contribution in [2.24, 2.45) is 0 Å². The summed E-state index contributed by atoms with van der Waals surface area (Å²) in [6.45, 7) is 8.02. The molecule has 3 aromatic rings. The number of piperazine rings is 1. The molecule has 0 saturated carbocycles. The normalized spacial score (nSPS) is 18.6. The molecule has 1 aliphatic rings. The van der Waals surface area contributed by atoms with Gasteiger partial charge in [-0.1, -0.05) is 29.0 Å². The quantitative estimate of drug-likeness (QED) is 0.708. The Morgan fingerprint density at radius 2 is 2.08 bits per heavy atom. The van der Waals surface area contributed by atoms with Gasteiger partial charge in [0.2, 0.25) is 0 Å². The summed E-state index contributed by atoms with van der Waals surface area (Å²) in [4.78, 5) is 9.61. The number of aromatic nitrogens is 1. The Morgan fingerprint density at radius 3 is 2.85 bits per heavy atom. The molecule has 0 spiro atoms. The molecule has 0 amide bonds. The Hall–Kier alpha value is -1.82. The van der Waals surface area contributed by atoms with Gasteiger partial charge in [0.15, 0.2) is 5.13 Å². The van der Waals surface area contributed by atoms with Crippen LogP contribution in [0.1, 0.15) is 18.1 Å². The highest BCUT2D eigenvalue weighted by Crippen LogP contribution is 2.32. The van der Waals surface area contributed by atoms with E-state index in [1.165, 1.54) is 0 Å². The summed E-state index contributed by atoms with van der Waals surface area (Å²) in [6, 6.07) is 12.1. The molecule has 0 radical (unpaired) electrons. The number of aryl methyl sites for hydroxylation is 1. The van der Waals surface area contributed by atoms with Crippen LogP contribution in [0.3, 0.4) is 0 Å². The van der Waals surface area contributed by atoms with Gasteiger partial charge in [-0.3, -0.25) is 4.90 Å². The maximum Gasteiger partial charge on any atom is 0.186 e. The molecule has 1 fully saturated rings. The van der Waals surface area contributed by atoms with Crippen molar-refractivity contribution in [3.8, 4) is 5.75 Å². The van der Waals surface area contributed by atoms with Crippen molar-refractivity contribution < 1.29 is 5.11 Å². The second-order valence-electron chi connectivity index (χ2n) is 7.05. The van der Waals surface area contributed by atoms with E-state index in [1.54, 1.807) is 17.4 Å². The first-order chi connectivity index (χ1) is 12.5. The summed E-state index contributed by atoms with van der Waals surface area (Å²) in [5.41, 5.74) is 3.27. The van der Waals surface area contributed by atoms with Gasteiger partial charge in [-0.15, -0.1) is 0 Å². The number of thiazole rings is 1. The van der Waals surface area contributed by atoms with Gasteiger partial charge in [0.25, 0.3) is 0 Å². The number of hydrogen-bond donors (Lipinski definition) is 1. The topological polar surface area (TPSA) is 39.6 Å².